The van der Waals surface area contributed by atoms with Crippen molar-refractivity contribution >= 4 is 22.9 Å². The van der Waals surface area contributed by atoms with Crippen LogP contribution in [0.3, 0.4) is 0 Å². The van der Waals surface area contributed by atoms with Crippen molar-refractivity contribution in [1.82, 2.24) is 10.2 Å². The van der Waals surface area contributed by atoms with Crippen LogP contribution in [0.5, 0.6) is 0 Å². The molecule has 0 saturated heterocycles. The van der Waals surface area contributed by atoms with Gasteiger partial charge in [0, 0.05) is 10.9 Å². The van der Waals surface area contributed by atoms with E-state index in [1.165, 1.54) is 11.3 Å². The summed E-state index contributed by atoms with van der Waals surface area (Å²) in [5.74, 6) is 0. The van der Waals surface area contributed by atoms with Gasteiger partial charge in [-0.3, -0.25) is 4.90 Å². The lowest BCUT2D eigenvalue weighted by atomic mass is 10.2. The summed E-state index contributed by atoms with van der Waals surface area (Å²) in [4.78, 5) is 3.70. The van der Waals surface area contributed by atoms with Crippen molar-refractivity contribution in [2.45, 2.75) is 19.4 Å². The Labute approximate surface area is 101 Å². The van der Waals surface area contributed by atoms with Crippen LogP contribution in [-0.4, -0.2) is 32.1 Å². The summed E-state index contributed by atoms with van der Waals surface area (Å²) in [6.45, 7) is 4.40. The molecule has 1 N–H and O–H groups in total. The van der Waals surface area contributed by atoms with Crippen molar-refractivity contribution in [3.05, 3.63) is 21.3 Å². The Morgan fingerprint density at radius 2 is 2.27 bits per heavy atom. The van der Waals surface area contributed by atoms with Crippen LogP contribution < -0.4 is 5.32 Å². The molecule has 0 aliphatic rings. The second kappa shape index (κ2) is 6.48. The highest BCUT2D eigenvalue weighted by molar-refractivity contribution is 7.16. The first-order valence-corrected chi connectivity index (χ1v) is 6.44. The van der Waals surface area contributed by atoms with Crippen LogP contribution in [0.25, 0.3) is 0 Å². The minimum absolute atomic E-state index is 0.458. The predicted octanol–water partition coefficient (Wildman–Crippen LogP) is 3.00. The summed E-state index contributed by atoms with van der Waals surface area (Å²) in [7, 11) is 4.15. The standard InChI is InChI=1S/C11H19ClN2S/c1-9(10-5-6-11(12)15-10)14(3)8-4-7-13-2/h5-6,9,13H,4,7-8H2,1-3H3. The van der Waals surface area contributed by atoms with E-state index in [-0.39, 0.29) is 0 Å². The van der Waals surface area contributed by atoms with Crippen LogP contribution in [0.1, 0.15) is 24.3 Å². The maximum absolute atomic E-state index is 5.93. The molecule has 1 aromatic rings. The first kappa shape index (κ1) is 13.0. The Balaban J connectivity index is 2.42. The van der Waals surface area contributed by atoms with Gasteiger partial charge in [-0.1, -0.05) is 11.6 Å². The van der Waals surface area contributed by atoms with Crippen molar-refractivity contribution < 1.29 is 0 Å². The fraction of sp³-hybridized carbons (Fsp3) is 0.636. The summed E-state index contributed by atoms with van der Waals surface area (Å²) < 4.78 is 0.875. The Kier molecular flexibility index (Phi) is 5.61. The molecule has 0 saturated carbocycles. The van der Waals surface area contributed by atoms with Gasteiger partial charge in [-0.2, -0.15) is 0 Å². The van der Waals surface area contributed by atoms with Gasteiger partial charge in [0.1, 0.15) is 0 Å². The van der Waals surface area contributed by atoms with E-state index < -0.39 is 0 Å². The fourth-order valence-electron chi connectivity index (χ4n) is 1.47. The fourth-order valence-corrected chi connectivity index (χ4v) is 2.65. The lowest BCUT2D eigenvalue weighted by Crippen LogP contribution is -2.25. The molecule has 86 valence electrons. The van der Waals surface area contributed by atoms with Crippen LogP contribution in [-0.2, 0) is 0 Å². The number of nitrogens with zero attached hydrogens (tertiary/aromatic N) is 1. The van der Waals surface area contributed by atoms with E-state index in [2.05, 4.69) is 30.3 Å². The van der Waals surface area contributed by atoms with Crippen molar-refractivity contribution in [2.75, 3.05) is 27.2 Å². The van der Waals surface area contributed by atoms with Gasteiger partial charge in [-0.05, 0) is 52.7 Å². The Hall–Kier alpha value is -0.0900. The number of thiophene rings is 1. The number of hydrogen-bond acceptors (Lipinski definition) is 3. The van der Waals surface area contributed by atoms with Gasteiger partial charge in [0.05, 0.1) is 4.34 Å². The summed E-state index contributed by atoms with van der Waals surface area (Å²) in [6.07, 6.45) is 1.18. The van der Waals surface area contributed by atoms with Crippen LogP contribution in [0, 0.1) is 0 Å². The molecule has 15 heavy (non-hydrogen) atoms. The first-order valence-electron chi connectivity index (χ1n) is 5.25. The first-order chi connectivity index (χ1) is 7.15. The van der Waals surface area contributed by atoms with E-state index in [1.807, 2.05) is 13.1 Å². The van der Waals surface area contributed by atoms with Gasteiger partial charge in [-0.15, -0.1) is 11.3 Å². The lowest BCUT2D eigenvalue weighted by molar-refractivity contribution is 0.261. The number of halogens is 1. The average Bonchev–Trinajstić information content (AvgIpc) is 2.64. The third kappa shape index (κ3) is 4.11. The summed E-state index contributed by atoms with van der Waals surface area (Å²) in [6, 6.07) is 4.55. The van der Waals surface area contributed by atoms with Crippen molar-refractivity contribution in [2.24, 2.45) is 0 Å². The van der Waals surface area contributed by atoms with E-state index in [4.69, 9.17) is 11.6 Å². The highest BCUT2D eigenvalue weighted by atomic mass is 35.5. The molecular weight excluding hydrogens is 228 g/mol. The van der Waals surface area contributed by atoms with Crippen molar-refractivity contribution in [3.8, 4) is 0 Å². The third-order valence-corrected chi connectivity index (χ3v) is 4.01. The molecule has 1 aromatic heterocycles. The molecule has 0 radical (unpaired) electrons. The zero-order valence-corrected chi connectivity index (χ0v) is 11.2. The molecule has 0 bridgehead atoms. The molecule has 0 fully saturated rings. The molecule has 0 aromatic carbocycles. The van der Waals surface area contributed by atoms with Crippen molar-refractivity contribution in [3.63, 3.8) is 0 Å². The molecule has 4 heteroatoms. The second-order valence-corrected chi connectivity index (χ2v) is 5.50. The maximum Gasteiger partial charge on any atom is 0.0931 e. The zero-order valence-electron chi connectivity index (χ0n) is 9.59. The molecule has 1 heterocycles. The van der Waals surface area contributed by atoms with E-state index in [0.717, 1.165) is 17.4 Å². The van der Waals surface area contributed by atoms with Gasteiger partial charge < -0.3 is 5.32 Å². The van der Waals surface area contributed by atoms with Gasteiger partial charge in [0.15, 0.2) is 0 Å². The van der Waals surface area contributed by atoms with Gasteiger partial charge in [-0.25, -0.2) is 0 Å². The van der Waals surface area contributed by atoms with Gasteiger partial charge in [0.25, 0.3) is 0 Å². The van der Waals surface area contributed by atoms with E-state index in [1.54, 1.807) is 11.3 Å². The summed E-state index contributed by atoms with van der Waals surface area (Å²) >= 11 is 7.60. The van der Waals surface area contributed by atoms with Crippen LogP contribution in [0.2, 0.25) is 4.34 Å². The number of hydrogen-bond donors (Lipinski definition) is 1. The van der Waals surface area contributed by atoms with E-state index >= 15 is 0 Å². The van der Waals surface area contributed by atoms with E-state index in [9.17, 15) is 0 Å². The second-order valence-electron chi connectivity index (χ2n) is 3.76. The minimum Gasteiger partial charge on any atom is -0.320 e. The smallest absolute Gasteiger partial charge is 0.0931 e. The topological polar surface area (TPSA) is 15.3 Å². The highest BCUT2D eigenvalue weighted by Gasteiger charge is 2.12. The average molecular weight is 247 g/mol. The molecule has 0 aliphatic carbocycles. The molecule has 0 aliphatic heterocycles. The quantitative estimate of drug-likeness (QED) is 0.777. The van der Waals surface area contributed by atoms with Crippen molar-refractivity contribution in [1.29, 1.82) is 0 Å². The van der Waals surface area contributed by atoms with Gasteiger partial charge >= 0.3 is 0 Å². The minimum atomic E-state index is 0.458. The monoisotopic (exact) mass is 246 g/mol. The van der Waals surface area contributed by atoms with Gasteiger partial charge in [0.2, 0.25) is 0 Å². The maximum atomic E-state index is 5.93. The SMILES string of the molecule is CNCCCN(C)C(C)c1ccc(Cl)s1. The molecule has 2 nitrogen and oxygen atoms in total. The molecule has 1 rings (SSSR count). The van der Waals surface area contributed by atoms with Crippen LogP contribution >= 0.6 is 22.9 Å². The Bertz CT molecular complexity index is 288. The molecular formula is C11H19ClN2S. The normalized spacial score (nSPS) is 13.4. The number of nitrogens with one attached hydrogen (secondary N) is 1. The zero-order chi connectivity index (χ0) is 11.3. The summed E-state index contributed by atoms with van der Waals surface area (Å²) in [5, 5.41) is 3.16. The molecule has 1 unspecified atom stereocenters. The highest BCUT2D eigenvalue weighted by Crippen LogP contribution is 2.29. The van der Waals surface area contributed by atoms with Crippen LogP contribution in [0.15, 0.2) is 12.1 Å². The summed E-state index contributed by atoms with van der Waals surface area (Å²) in [5.41, 5.74) is 0. The largest absolute Gasteiger partial charge is 0.320 e. The third-order valence-electron chi connectivity index (χ3n) is 2.60. The predicted molar refractivity (Wildman–Crippen MR) is 68.9 cm³/mol. The molecule has 1 atom stereocenters. The Morgan fingerprint density at radius 1 is 1.53 bits per heavy atom. The Morgan fingerprint density at radius 3 is 2.80 bits per heavy atom. The lowest BCUT2D eigenvalue weighted by Gasteiger charge is -2.23. The molecule has 0 amide bonds. The van der Waals surface area contributed by atoms with E-state index in [0.29, 0.717) is 6.04 Å². The number of rotatable bonds is 6. The van der Waals surface area contributed by atoms with Crippen LogP contribution in [0.4, 0.5) is 0 Å². The molecule has 0 spiro atoms.